The quantitative estimate of drug-likeness (QED) is 0.601. The Bertz CT molecular complexity index is 354. The Balaban J connectivity index is 2.34. The first-order chi connectivity index (χ1) is 7.72. The fourth-order valence-corrected chi connectivity index (χ4v) is 1.00. The van der Waals surface area contributed by atoms with E-state index in [4.69, 9.17) is 5.11 Å². The van der Waals surface area contributed by atoms with Gasteiger partial charge < -0.3 is 15.7 Å². The maximum absolute atomic E-state index is 11.2. The van der Waals surface area contributed by atoms with Gasteiger partial charge in [-0.05, 0) is 12.1 Å². The van der Waals surface area contributed by atoms with Gasteiger partial charge in [-0.25, -0.2) is 9.59 Å². The number of aliphatic hydroxyl groups is 1. The largest absolute Gasteiger partial charge is 0.395 e. The Kier molecular flexibility index (Phi) is 4.81. The molecule has 4 N–H and O–H groups in total. The van der Waals surface area contributed by atoms with E-state index < -0.39 is 12.1 Å². The minimum Gasteiger partial charge on any atom is -0.395 e. The highest BCUT2D eigenvalue weighted by Crippen LogP contribution is 2.03. The third kappa shape index (κ3) is 4.43. The van der Waals surface area contributed by atoms with E-state index in [0.29, 0.717) is 5.69 Å². The number of hydrogen-bond donors (Lipinski definition) is 4. The van der Waals surface area contributed by atoms with Crippen molar-refractivity contribution in [2.75, 3.05) is 18.5 Å². The molecule has 0 atom stereocenters. The summed E-state index contributed by atoms with van der Waals surface area (Å²) in [5, 5.41) is 15.3. The van der Waals surface area contributed by atoms with E-state index >= 15 is 0 Å². The summed E-state index contributed by atoms with van der Waals surface area (Å²) in [6.45, 7) is -0.0713. The average molecular weight is 223 g/mol. The number of benzene rings is 1. The number of rotatable bonds is 3. The monoisotopic (exact) mass is 223 g/mol. The summed E-state index contributed by atoms with van der Waals surface area (Å²) in [4.78, 5) is 22.2. The van der Waals surface area contributed by atoms with Crippen LogP contribution in [0.15, 0.2) is 30.3 Å². The van der Waals surface area contributed by atoms with E-state index in [1.54, 1.807) is 24.3 Å². The number of nitrogens with one attached hydrogen (secondary N) is 3. The molecule has 0 aliphatic heterocycles. The standard InChI is InChI=1S/C10H13N3O3/c14-7-6-11-9(15)13-10(16)12-8-4-2-1-3-5-8/h1-5,14H,6-7H2,(H3,11,12,13,15,16). The highest BCUT2D eigenvalue weighted by Gasteiger charge is 2.05. The first kappa shape index (κ1) is 12.0. The van der Waals surface area contributed by atoms with Crippen molar-refractivity contribution in [2.45, 2.75) is 0 Å². The van der Waals surface area contributed by atoms with Crippen molar-refractivity contribution in [3.8, 4) is 0 Å². The van der Waals surface area contributed by atoms with Crippen LogP contribution in [0.25, 0.3) is 0 Å². The highest BCUT2D eigenvalue weighted by atomic mass is 16.3. The molecule has 6 heteroatoms. The topological polar surface area (TPSA) is 90.5 Å². The number of anilines is 1. The first-order valence-electron chi connectivity index (χ1n) is 4.74. The van der Waals surface area contributed by atoms with Gasteiger partial charge in [0.15, 0.2) is 0 Å². The average Bonchev–Trinajstić information content (AvgIpc) is 2.27. The second kappa shape index (κ2) is 6.41. The molecular weight excluding hydrogens is 210 g/mol. The van der Waals surface area contributed by atoms with E-state index in [1.807, 2.05) is 6.07 Å². The minimum atomic E-state index is -0.650. The maximum Gasteiger partial charge on any atom is 0.327 e. The molecule has 0 saturated heterocycles. The zero-order valence-corrected chi connectivity index (χ0v) is 8.56. The molecule has 0 heterocycles. The number of carbonyl (C=O) groups excluding carboxylic acids is 2. The first-order valence-corrected chi connectivity index (χ1v) is 4.74. The SMILES string of the molecule is O=C(NCCO)NC(=O)Nc1ccccc1. The van der Waals surface area contributed by atoms with Crippen LogP contribution in [0.1, 0.15) is 0 Å². The molecule has 0 spiro atoms. The summed E-state index contributed by atoms with van der Waals surface area (Å²) in [5.41, 5.74) is 0.593. The molecule has 0 fully saturated rings. The van der Waals surface area contributed by atoms with Crippen molar-refractivity contribution < 1.29 is 14.7 Å². The van der Waals surface area contributed by atoms with Crippen molar-refractivity contribution in [3.63, 3.8) is 0 Å². The zero-order valence-electron chi connectivity index (χ0n) is 8.56. The molecule has 16 heavy (non-hydrogen) atoms. The van der Waals surface area contributed by atoms with Crippen LogP contribution in [-0.2, 0) is 0 Å². The van der Waals surface area contributed by atoms with Gasteiger partial charge in [-0.2, -0.15) is 0 Å². The molecule has 0 radical (unpaired) electrons. The molecule has 4 amide bonds. The highest BCUT2D eigenvalue weighted by molar-refractivity contribution is 6.00. The molecular formula is C10H13N3O3. The minimum absolute atomic E-state index is 0.102. The van der Waals surface area contributed by atoms with E-state index in [9.17, 15) is 9.59 Å². The van der Waals surface area contributed by atoms with Crippen LogP contribution in [0, 0.1) is 0 Å². The lowest BCUT2D eigenvalue weighted by molar-refractivity contribution is 0.228. The van der Waals surface area contributed by atoms with Gasteiger partial charge in [0.2, 0.25) is 0 Å². The van der Waals surface area contributed by atoms with Crippen LogP contribution in [0.5, 0.6) is 0 Å². The summed E-state index contributed by atoms with van der Waals surface area (Å²) in [5.74, 6) is 0. The van der Waals surface area contributed by atoms with Crippen LogP contribution in [0.2, 0.25) is 0 Å². The van der Waals surface area contributed by atoms with Crippen LogP contribution in [0.4, 0.5) is 15.3 Å². The fraction of sp³-hybridized carbons (Fsp3) is 0.200. The summed E-state index contributed by atoms with van der Waals surface area (Å²) >= 11 is 0. The summed E-state index contributed by atoms with van der Waals surface area (Å²) in [6.07, 6.45) is 0. The van der Waals surface area contributed by atoms with Crippen LogP contribution >= 0.6 is 0 Å². The molecule has 1 aromatic carbocycles. The molecule has 0 aromatic heterocycles. The number of amides is 4. The van der Waals surface area contributed by atoms with Gasteiger partial charge in [0, 0.05) is 12.2 Å². The molecule has 0 saturated carbocycles. The lowest BCUT2D eigenvalue weighted by Gasteiger charge is -2.06. The molecule has 86 valence electrons. The van der Waals surface area contributed by atoms with Crippen LogP contribution in [-0.4, -0.2) is 30.3 Å². The number of carbonyl (C=O) groups is 2. The number of para-hydroxylation sites is 1. The molecule has 0 aliphatic carbocycles. The lowest BCUT2D eigenvalue weighted by atomic mass is 10.3. The van der Waals surface area contributed by atoms with Crippen molar-refractivity contribution in [3.05, 3.63) is 30.3 Å². The van der Waals surface area contributed by atoms with Crippen molar-refractivity contribution in [1.29, 1.82) is 0 Å². The number of aliphatic hydroxyl groups excluding tert-OH is 1. The van der Waals surface area contributed by atoms with Gasteiger partial charge in [-0.3, -0.25) is 5.32 Å². The smallest absolute Gasteiger partial charge is 0.327 e. The Hall–Kier alpha value is -2.08. The van der Waals surface area contributed by atoms with Gasteiger partial charge in [0.05, 0.1) is 6.61 Å². The Morgan fingerprint density at radius 3 is 2.44 bits per heavy atom. The van der Waals surface area contributed by atoms with Crippen molar-refractivity contribution in [1.82, 2.24) is 10.6 Å². The molecule has 1 rings (SSSR count). The normalized spacial score (nSPS) is 9.31. The Morgan fingerprint density at radius 2 is 1.81 bits per heavy atom. The molecule has 1 aromatic rings. The second-order valence-electron chi connectivity index (χ2n) is 2.92. The van der Waals surface area contributed by atoms with Gasteiger partial charge in [0.25, 0.3) is 0 Å². The van der Waals surface area contributed by atoms with E-state index in [2.05, 4.69) is 16.0 Å². The third-order valence-electron chi connectivity index (χ3n) is 1.66. The Labute approximate surface area is 92.7 Å². The predicted octanol–water partition coefficient (Wildman–Crippen LogP) is 0.510. The third-order valence-corrected chi connectivity index (χ3v) is 1.66. The van der Waals surface area contributed by atoms with Crippen molar-refractivity contribution in [2.24, 2.45) is 0 Å². The predicted molar refractivity (Wildman–Crippen MR) is 59.1 cm³/mol. The fourth-order valence-electron chi connectivity index (χ4n) is 1.00. The van der Waals surface area contributed by atoms with Gasteiger partial charge in [0.1, 0.15) is 0 Å². The van der Waals surface area contributed by atoms with E-state index in [0.717, 1.165) is 0 Å². The van der Waals surface area contributed by atoms with Crippen LogP contribution in [0.3, 0.4) is 0 Å². The van der Waals surface area contributed by atoms with E-state index in [1.165, 1.54) is 0 Å². The Morgan fingerprint density at radius 1 is 1.12 bits per heavy atom. The molecule has 0 aliphatic rings. The van der Waals surface area contributed by atoms with Crippen molar-refractivity contribution >= 4 is 17.7 Å². The number of imide groups is 1. The summed E-state index contributed by atoms with van der Waals surface area (Å²) in [6, 6.07) is 7.47. The maximum atomic E-state index is 11.2. The summed E-state index contributed by atoms with van der Waals surface area (Å²) in [7, 11) is 0. The van der Waals surface area contributed by atoms with E-state index in [-0.39, 0.29) is 13.2 Å². The van der Waals surface area contributed by atoms with Crippen LogP contribution < -0.4 is 16.0 Å². The molecule has 6 nitrogen and oxygen atoms in total. The summed E-state index contributed by atoms with van der Waals surface area (Å²) < 4.78 is 0. The molecule has 0 bridgehead atoms. The lowest BCUT2D eigenvalue weighted by Crippen LogP contribution is -2.42. The number of urea groups is 2. The van der Waals surface area contributed by atoms with Gasteiger partial charge in [-0.15, -0.1) is 0 Å². The van der Waals surface area contributed by atoms with Gasteiger partial charge >= 0.3 is 12.1 Å². The zero-order chi connectivity index (χ0) is 11.8. The van der Waals surface area contributed by atoms with Gasteiger partial charge in [-0.1, -0.05) is 18.2 Å². The number of hydrogen-bond acceptors (Lipinski definition) is 3. The molecule has 0 unspecified atom stereocenters. The second-order valence-corrected chi connectivity index (χ2v) is 2.92.